The summed E-state index contributed by atoms with van der Waals surface area (Å²) in [6.45, 7) is 1.88. The van der Waals surface area contributed by atoms with Crippen molar-refractivity contribution in [1.82, 2.24) is 19.7 Å². The molecule has 1 aliphatic rings. The molecule has 2 heterocycles. The van der Waals surface area contributed by atoms with Gasteiger partial charge >= 0.3 is 0 Å². The van der Waals surface area contributed by atoms with Crippen LogP contribution in [0.3, 0.4) is 0 Å². The zero-order valence-corrected chi connectivity index (χ0v) is 13.0. The summed E-state index contributed by atoms with van der Waals surface area (Å²) in [4.78, 5) is 14.2. The summed E-state index contributed by atoms with van der Waals surface area (Å²) in [6, 6.07) is 7.32. The van der Waals surface area contributed by atoms with Gasteiger partial charge in [-0.25, -0.2) is 0 Å². The van der Waals surface area contributed by atoms with Gasteiger partial charge in [0.1, 0.15) is 6.54 Å². The number of amides is 1. The standard InChI is InChI=1S/C14H15ClN4OS/c15-11-5-3-10(4-6-11)13-16-17-14(21)19(13)9-12(20)18-7-1-2-8-18/h3-6H,1-2,7-9H2,(H,17,21). The molecule has 1 aromatic heterocycles. The van der Waals surface area contributed by atoms with E-state index in [1.807, 2.05) is 17.0 Å². The average Bonchev–Trinajstić information content (AvgIpc) is 3.11. The highest BCUT2D eigenvalue weighted by Crippen LogP contribution is 2.20. The molecule has 110 valence electrons. The maximum atomic E-state index is 12.3. The van der Waals surface area contributed by atoms with Crippen LogP contribution in [0, 0.1) is 4.77 Å². The van der Waals surface area contributed by atoms with Gasteiger partial charge in [-0.1, -0.05) is 11.6 Å². The van der Waals surface area contributed by atoms with Gasteiger partial charge in [-0.3, -0.25) is 14.5 Å². The minimum absolute atomic E-state index is 0.0835. The van der Waals surface area contributed by atoms with Crippen LogP contribution >= 0.6 is 23.8 Å². The molecule has 0 spiro atoms. The molecule has 21 heavy (non-hydrogen) atoms. The number of benzene rings is 1. The molecular weight excluding hydrogens is 308 g/mol. The number of carbonyl (C=O) groups is 1. The number of halogens is 1. The lowest BCUT2D eigenvalue weighted by Gasteiger charge is -2.16. The summed E-state index contributed by atoms with van der Waals surface area (Å²) in [5.74, 6) is 0.740. The Labute approximate surface area is 132 Å². The van der Waals surface area contributed by atoms with E-state index in [1.54, 1.807) is 16.7 Å². The lowest BCUT2D eigenvalue weighted by molar-refractivity contribution is -0.130. The van der Waals surface area contributed by atoms with Crippen molar-refractivity contribution in [2.75, 3.05) is 13.1 Å². The number of aromatic amines is 1. The Balaban J connectivity index is 1.88. The number of hydrogen-bond acceptors (Lipinski definition) is 3. The topological polar surface area (TPSA) is 53.9 Å². The van der Waals surface area contributed by atoms with Crippen LogP contribution in [0.25, 0.3) is 11.4 Å². The van der Waals surface area contributed by atoms with Crippen LogP contribution in [0.4, 0.5) is 0 Å². The summed E-state index contributed by atoms with van der Waals surface area (Å²) >= 11 is 11.1. The monoisotopic (exact) mass is 322 g/mol. The Hall–Kier alpha value is -1.66. The van der Waals surface area contributed by atoms with E-state index in [9.17, 15) is 4.79 Å². The van der Waals surface area contributed by atoms with E-state index in [-0.39, 0.29) is 12.5 Å². The van der Waals surface area contributed by atoms with E-state index in [1.165, 1.54) is 0 Å². The van der Waals surface area contributed by atoms with Crippen molar-refractivity contribution in [3.8, 4) is 11.4 Å². The molecule has 1 aromatic carbocycles. The van der Waals surface area contributed by atoms with E-state index in [2.05, 4.69) is 10.2 Å². The van der Waals surface area contributed by atoms with Gasteiger partial charge < -0.3 is 4.90 Å². The van der Waals surface area contributed by atoms with Crippen molar-refractivity contribution < 1.29 is 4.79 Å². The number of hydrogen-bond donors (Lipinski definition) is 1. The Morgan fingerprint density at radius 1 is 1.29 bits per heavy atom. The minimum Gasteiger partial charge on any atom is -0.341 e. The maximum absolute atomic E-state index is 12.3. The highest BCUT2D eigenvalue weighted by Gasteiger charge is 2.20. The van der Waals surface area contributed by atoms with Crippen molar-refractivity contribution in [3.63, 3.8) is 0 Å². The lowest BCUT2D eigenvalue weighted by Crippen LogP contribution is -2.31. The number of likely N-dealkylation sites (tertiary alicyclic amines) is 1. The SMILES string of the molecule is O=C(Cn1c(-c2ccc(Cl)cc2)n[nH]c1=S)N1CCCC1. The van der Waals surface area contributed by atoms with Crippen LogP contribution in [-0.4, -0.2) is 38.7 Å². The van der Waals surface area contributed by atoms with E-state index in [0.29, 0.717) is 15.6 Å². The molecule has 1 aliphatic heterocycles. The number of aromatic nitrogens is 3. The van der Waals surface area contributed by atoms with Crippen molar-refractivity contribution in [3.05, 3.63) is 34.1 Å². The second-order valence-corrected chi connectivity index (χ2v) is 5.86. The highest BCUT2D eigenvalue weighted by atomic mass is 35.5. The molecule has 1 fully saturated rings. The van der Waals surface area contributed by atoms with Gasteiger partial charge in [0.25, 0.3) is 0 Å². The van der Waals surface area contributed by atoms with Gasteiger partial charge in [0, 0.05) is 23.7 Å². The third-order valence-electron chi connectivity index (χ3n) is 3.61. The van der Waals surface area contributed by atoms with Crippen LogP contribution in [0.15, 0.2) is 24.3 Å². The predicted octanol–water partition coefficient (Wildman–Crippen LogP) is 2.88. The average molecular weight is 323 g/mol. The predicted molar refractivity (Wildman–Crippen MR) is 83.7 cm³/mol. The van der Waals surface area contributed by atoms with Crippen molar-refractivity contribution >= 4 is 29.7 Å². The Kier molecular flexibility index (Phi) is 4.07. The molecule has 0 aliphatic carbocycles. The fourth-order valence-electron chi connectivity index (χ4n) is 2.49. The number of carbonyl (C=O) groups excluding carboxylic acids is 1. The van der Waals surface area contributed by atoms with Gasteiger partial charge in [-0.05, 0) is 49.3 Å². The van der Waals surface area contributed by atoms with Crippen molar-refractivity contribution in [2.24, 2.45) is 0 Å². The quantitative estimate of drug-likeness (QED) is 0.884. The molecule has 1 amide bonds. The first-order valence-electron chi connectivity index (χ1n) is 6.84. The maximum Gasteiger partial charge on any atom is 0.242 e. The third-order valence-corrected chi connectivity index (χ3v) is 4.18. The lowest BCUT2D eigenvalue weighted by atomic mass is 10.2. The van der Waals surface area contributed by atoms with Crippen molar-refractivity contribution in [1.29, 1.82) is 0 Å². The van der Waals surface area contributed by atoms with E-state index in [4.69, 9.17) is 23.8 Å². The second-order valence-electron chi connectivity index (χ2n) is 5.03. The Morgan fingerprint density at radius 3 is 2.62 bits per heavy atom. The van der Waals surface area contributed by atoms with Crippen LogP contribution in [0.2, 0.25) is 5.02 Å². The van der Waals surface area contributed by atoms with Crippen molar-refractivity contribution in [2.45, 2.75) is 19.4 Å². The molecule has 0 saturated carbocycles. The third kappa shape index (κ3) is 3.01. The molecule has 0 bridgehead atoms. The van der Waals surface area contributed by atoms with Gasteiger partial charge in [0.05, 0.1) is 0 Å². The Morgan fingerprint density at radius 2 is 1.95 bits per heavy atom. The number of H-pyrrole nitrogens is 1. The van der Waals surface area contributed by atoms with E-state index < -0.39 is 0 Å². The molecule has 0 radical (unpaired) electrons. The van der Waals surface area contributed by atoms with E-state index in [0.717, 1.165) is 31.5 Å². The normalized spacial score (nSPS) is 14.6. The largest absolute Gasteiger partial charge is 0.341 e. The molecular formula is C14H15ClN4OS. The second kappa shape index (κ2) is 5.99. The molecule has 3 rings (SSSR count). The summed E-state index contributed by atoms with van der Waals surface area (Å²) in [6.07, 6.45) is 2.15. The summed E-state index contributed by atoms with van der Waals surface area (Å²) in [5.41, 5.74) is 0.876. The summed E-state index contributed by atoms with van der Waals surface area (Å²) in [5, 5.41) is 7.65. The minimum atomic E-state index is 0.0835. The summed E-state index contributed by atoms with van der Waals surface area (Å²) in [7, 11) is 0. The number of nitrogens with zero attached hydrogens (tertiary/aromatic N) is 3. The van der Waals surface area contributed by atoms with Crippen LogP contribution in [0.1, 0.15) is 12.8 Å². The van der Waals surface area contributed by atoms with Gasteiger partial charge in [-0.15, -0.1) is 0 Å². The number of rotatable bonds is 3. The van der Waals surface area contributed by atoms with Crippen LogP contribution in [0.5, 0.6) is 0 Å². The zero-order chi connectivity index (χ0) is 14.8. The first-order valence-corrected chi connectivity index (χ1v) is 7.63. The van der Waals surface area contributed by atoms with Crippen LogP contribution < -0.4 is 0 Å². The van der Waals surface area contributed by atoms with Gasteiger partial charge in [0.2, 0.25) is 5.91 Å². The first kappa shape index (κ1) is 14.3. The molecule has 2 aromatic rings. The molecule has 1 saturated heterocycles. The van der Waals surface area contributed by atoms with Crippen LogP contribution in [-0.2, 0) is 11.3 Å². The molecule has 0 unspecified atom stereocenters. The smallest absolute Gasteiger partial charge is 0.242 e. The Bertz CT molecular complexity index is 701. The zero-order valence-electron chi connectivity index (χ0n) is 11.4. The van der Waals surface area contributed by atoms with E-state index >= 15 is 0 Å². The molecule has 7 heteroatoms. The van der Waals surface area contributed by atoms with Gasteiger partial charge in [-0.2, -0.15) is 5.10 Å². The highest BCUT2D eigenvalue weighted by molar-refractivity contribution is 7.71. The molecule has 1 N–H and O–H groups in total. The first-order chi connectivity index (χ1) is 10.1. The summed E-state index contributed by atoms with van der Waals surface area (Å²) < 4.78 is 2.19. The fraction of sp³-hybridized carbons (Fsp3) is 0.357. The number of nitrogens with one attached hydrogen (secondary N) is 1. The molecule has 0 atom stereocenters. The fourth-order valence-corrected chi connectivity index (χ4v) is 2.81. The molecule has 5 nitrogen and oxygen atoms in total. The van der Waals surface area contributed by atoms with Gasteiger partial charge in [0.15, 0.2) is 10.6 Å².